The van der Waals surface area contributed by atoms with Gasteiger partial charge in [0.2, 0.25) is 0 Å². The number of halogens is 2. The highest BCUT2D eigenvalue weighted by Crippen LogP contribution is 2.21. The number of nitrogens with one attached hydrogen (secondary N) is 2. The van der Waals surface area contributed by atoms with Gasteiger partial charge in [0, 0.05) is 27.8 Å². The molecule has 1 amide bonds. The second-order valence-electron chi connectivity index (χ2n) is 6.42. The van der Waals surface area contributed by atoms with Crippen molar-refractivity contribution < 1.29 is 13.2 Å². The molecular weight excluding hydrogens is 431 g/mol. The fourth-order valence-electron chi connectivity index (χ4n) is 2.67. The number of amides is 1. The van der Waals surface area contributed by atoms with E-state index >= 15 is 0 Å². The average molecular weight is 449 g/mol. The third-order valence-corrected chi connectivity index (χ3v) is 6.10. The van der Waals surface area contributed by atoms with E-state index in [0.717, 1.165) is 5.56 Å². The Morgan fingerprint density at radius 1 is 0.966 bits per heavy atom. The first-order chi connectivity index (χ1) is 13.7. The SMILES string of the molecule is Cc1cccc(NS(=O)(=O)c2cccc(C(=O)NCc3ccc(Cl)cc3Cl)c2)c1. The summed E-state index contributed by atoms with van der Waals surface area (Å²) in [6.45, 7) is 2.06. The van der Waals surface area contributed by atoms with Crippen molar-refractivity contribution in [3.8, 4) is 0 Å². The predicted molar refractivity (Wildman–Crippen MR) is 116 cm³/mol. The van der Waals surface area contributed by atoms with Crippen molar-refractivity contribution in [1.29, 1.82) is 0 Å². The molecule has 5 nitrogen and oxygen atoms in total. The van der Waals surface area contributed by atoms with Crippen LogP contribution in [0.5, 0.6) is 0 Å². The fourth-order valence-corrected chi connectivity index (χ4v) is 4.24. The molecule has 0 aliphatic heterocycles. The lowest BCUT2D eigenvalue weighted by atomic mass is 10.2. The summed E-state index contributed by atoms with van der Waals surface area (Å²) < 4.78 is 27.9. The van der Waals surface area contributed by atoms with Crippen molar-refractivity contribution in [2.24, 2.45) is 0 Å². The lowest BCUT2D eigenvalue weighted by Gasteiger charge is -2.11. The maximum Gasteiger partial charge on any atom is 0.261 e. The first-order valence-corrected chi connectivity index (χ1v) is 10.9. The first-order valence-electron chi connectivity index (χ1n) is 8.66. The molecule has 0 unspecified atom stereocenters. The molecule has 2 N–H and O–H groups in total. The predicted octanol–water partition coefficient (Wildman–Crippen LogP) is 5.03. The first kappa shape index (κ1) is 21.2. The van der Waals surface area contributed by atoms with Gasteiger partial charge >= 0.3 is 0 Å². The van der Waals surface area contributed by atoms with E-state index < -0.39 is 15.9 Å². The van der Waals surface area contributed by atoms with Crippen LogP contribution in [-0.2, 0) is 16.6 Å². The molecule has 150 valence electrons. The van der Waals surface area contributed by atoms with Gasteiger partial charge in [0.1, 0.15) is 0 Å². The van der Waals surface area contributed by atoms with Crippen molar-refractivity contribution in [3.63, 3.8) is 0 Å². The summed E-state index contributed by atoms with van der Waals surface area (Å²) in [5, 5.41) is 3.67. The molecule has 0 heterocycles. The van der Waals surface area contributed by atoms with E-state index in [1.807, 2.05) is 13.0 Å². The van der Waals surface area contributed by atoms with Crippen LogP contribution in [0.2, 0.25) is 10.0 Å². The Kier molecular flexibility index (Phi) is 6.47. The highest BCUT2D eigenvalue weighted by atomic mass is 35.5. The highest BCUT2D eigenvalue weighted by molar-refractivity contribution is 7.92. The number of carbonyl (C=O) groups excluding carboxylic acids is 1. The maximum absolute atomic E-state index is 12.7. The number of rotatable bonds is 6. The van der Waals surface area contributed by atoms with E-state index in [-0.39, 0.29) is 17.0 Å². The molecule has 0 fully saturated rings. The molecule has 0 aliphatic carbocycles. The Labute approximate surface area is 179 Å². The number of benzene rings is 3. The minimum Gasteiger partial charge on any atom is -0.348 e. The molecule has 0 saturated heterocycles. The van der Waals surface area contributed by atoms with Gasteiger partial charge in [-0.25, -0.2) is 8.42 Å². The molecule has 3 aromatic carbocycles. The topological polar surface area (TPSA) is 75.3 Å². The number of aryl methyl sites for hydroxylation is 1. The Hall–Kier alpha value is -2.54. The van der Waals surface area contributed by atoms with Crippen LogP contribution in [0.15, 0.2) is 71.6 Å². The van der Waals surface area contributed by atoms with Crippen LogP contribution in [-0.4, -0.2) is 14.3 Å². The van der Waals surface area contributed by atoms with Crippen LogP contribution in [0.3, 0.4) is 0 Å². The van der Waals surface area contributed by atoms with Crippen LogP contribution in [0, 0.1) is 6.92 Å². The van der Waals surface area contributed by atoms with Gasteiger partial charge in [0.05, 0.1) is 4.90 Å². The molecule has 0 bridgehead atoms. The minimum atomic E-state index is -3.83. The summed E-state index contributed by atoms with van der Waals surface area (Å²) in [6, 6.07) is 17.8. The molecule has 0 atom stereocenters. The zero-order valence-electron chi connectivity index (χ0n) is 15.4. The smallest absolute Gasteiger partial charge is 0.261 e. The number of hydrogen-bond acceptors (Lipinski definition) is 3. The second kappa shape index (κ2) is 8.86. The van der Waals surface area contributed by atoms with Crippen LogP contribution < -0.4 is 10.0 Å². The molecule has 0 spiro atoms. The monoisotopic (exact) mass is 448 g/mol. The fraction of sp³-hybridized carbons (Fsp3) is 0.0952. The summed E-state index contributed by atoms with van der Waals surface area (Å²) in [5.41, 5.74) is 2.31. The van der Waals surface area contributed by atoms with Crippen molar-refractivity contribution in [2.45, 2.75) is 18.4 Å². The Morgan fingerprint density at radius 2 is 1.72 bits per heavy atom. The molecule has 0 radical (unpaired) electrons. The average Bonchev–Trinajstić information content (AvgIpc) is 2.67. The summed E-state index contributed by atoms with van der Waals surface area (Å²) in [6.07, 6.45) is 0. The Morgan fingerprint density at radius 3 is 2.45 bits per heavy atom. The zero-order chi connectivity index (χ0) is 21.0. The van der Waals surface area contributed by atoms with Gasteiger partial charge in [-0.2, -0.15) is 0 Å². The van der Waals surface area contributed by atoms with E-state index in [4.69, 9.17) is 23.2 Å². The highest BCUT2D eigenvalue weighted by Gasteiger charge is 2.17. The third kappa shape index (κ3) is 5.50. The van der Waals surface area contributed by atoms with Gasteiger partial charge in [-0.15, -0.1) is 0 Å². The van der Waals surface area contributed by atoms with Crippen molar-refractivity contribution in [1.82, 2.24) is 5.32 Å². The molecule has 8 heteroatoms. The largest absolute Gasteiger partial charge is 0.348 e. The standard InChI is InChI=1S/C21H18Cl2N2O3S/c1-14-4-2-6-18(10-14)25-29(27,28)19-7-3-5-15(11-19)21(26)24-13-16-8-9-17(22)12-20(16)23/h2-12,25H,13H2,1H3,(H,24,26). The van der Waals surface area contributed by atoms with Gasteiger partial charge in [0.15, 0.2) is 0 Å². The van der Waals surface area contributed by atoms with Gasteiger partial charge in [-0.05, 0) is 60.5 Å². The molecule has 3 aromatic rings. The maximum atomic E-state index is 12.7. The normalized spacial score (nSPS) is 11.1. The van der Waals surface area contributed by atoms with Crippen LogP contribution >= 0.6 is 23.2 Å². The van der Waals surface area contributed by atoms with Crippen LogP contribution in [0.25, 0.3) is 0 Å². The van der Waals surface area contributed by atoms with Gasteiger partial charge in [0.25, 0.3) is 15.9 Å². The molecule has 0 aliphatic rings. The molecule has 0 aromatic heterocycles. The lowest BCUT2D eigenvalue weighted by Crippen LogP contribution is -2.23. The van der Waals surface area contributed by atoms with E-state index in [1.54, 1.807) is 42.5 Å². The molecule has 29 heavy (non-hydrogen) atoms. The van der Waals surface area contributed by atoms with E-state index in [0.29, 0.717) is 21.3 Å². The van der Waals surface area contributed by atoms with Crippen LogP contribution in [0.4, 0.5) is 5.69 Å². The lowest BCUT2D eigenvalue weighted by molar-refractivity contribution is 0.0950. The van der Waals surface area contributed by atoms with Crippen molar-refractivity contribution in [2.75, 3.05) is 4.72 Å². The number of anilines is 1. The van der Waals surface area contributed by atoms with E-state index in [9.17, 15) is 13.2 Å². The number of carbonyl (C=O) groups is 1. The van der Waals surface area contributed by atoms with Crippen LogP contribution in [0.1, 0.15) is 21.5 Å². The van der Waals surface area contributed by atoms with Crippen molar-refractivity contribution in [3.05, 3.63) is 93.5 Å². The summed E-state index contributed by atoms with van der Waals surface area (Å²) >= 11 is 12.0. The molecular formula is C21H18Cl2N2O3S. The second-order valence-corrected chi connectivity index (χ2v) is 8.95. The summed E-state index contributed by atoms with van der Waals surface area (Å²) in [5.74, 6) is -0.413. The van der Waals surface area contributed by atoms with Gasteiger partial charge in [-0.3, -0.25) is 9.52 Å². The number of hydrogen-bond donors (Lipinski definition) is 2. The van der Waals surface area contributed by atoms with Gasteiger partial charge in [-0.1, -0.05) is 47.5 Å². The minimum absolute atomic E-state index is 0.00354. The van der Waals surface area contributed by atoms with Crippen molar-refractivity contribution >= 4 is 44.8 Å². The summed E-state index contributed by atoms with van der Waals surface area (Å²) in [4.78, 5) is 12.5. The number of sulfonamides is 1. The molecule has 3 rings (SSSR count). The van der Waals surface area contributed by atoms with E-state index in [1.165, 1.54) is 18.2 Å². The van der Waals surface area contributed by atoms with Gasteiger partial charge < -0.3 is 5.32 Å². The summed E-state index contributed by atoms with van der Waals surface area (Å²) in [7, 11) is -3.83. The quantitative estimate of drug-likeness (QED) is 0.554. The third-order valence-electron chi connectivity index (χ3n) is 4.13. The molecule has 0 saturated carbocycles. The Balaban J connectivity index is 1.75. The zero-order valence-corrected chi connectivity index (χ0v) is 17.8. The van der Waals surface area contributed by atoms with E-state index in [2.05, 4.69) is 10.0 Å². The Bertz CT molecular complexity index is 1160.